The van der Waals surface area contributed by atoms with E-state index in [2.05, 4.69) is 10.3 Å². The van der Waals surface area contributed by atoms with Crippen molar-refractivity contribution in [3.63, 3.8) is 0 Å². The van der Waals surface area contributed by atoms with Crippen LogP contribution in [-0.2, 0) is 16.1 Å². The van der Waals surface area contributed by atoms with Gasteiger partial charge < -0.3 is 19.1 Å². The Hall–Kier alpha value is -2.61. The average Bonchev–Trinajstić information content (AvgIpc) is 3.16. The van der Waals surface area contributed by atoms with Crippen LogP contribution < -0.4 is 9.47 Å². The number of carbonyl (C=O) groups excluding carboxylic acids is 1. The van der Waals surface area contributed by atoms with Crippen LogP contribution in [0, 0.1) is 0 Å². The number of para-hydroxylation sites is 2. The first-order chi connectivity index (χ1) is 13.0. The molecule has 0 aliphatic carbocycles. The number of nitrogens with zero attached hydrogens (tertiary/aromatic N) is 4. The lowest BCUT2D eigenvalue weighted by Crippen LogP contribution is -2.56. The van der Waals surface area contributed by atoms with Crippen molar-refractivity contribution < 1.29 is 19.0 Å². The zero-order valence-electron chi connectivity index (χ0n) is 15.8. The van der Waals surface area contributed by atoms with Crippen LogP contribution in [0.15, 0.2) is 30.5 Å². The van der Waals surface area contributed by atoms with E-state index >= 15 is 0 Å². The Balaban J connectivity index is 1.51. The summed E-state index contributed by atoms with van der Waals surface area (Å²) in [4.78, 5) is 15.1. The van der Waals surface area contributed by atoms with Crippen LogP contribution in [0.3, 0.4) is 0 Å². The maximum Gasteiger partial charge on any atom is 0.266 e. The minimum Gasteiger partial charge on any atom is -0.493 e. The lowest BCUT2D eigenvalue weighted by atomic mass is 9.98. The third-order valence-corrected chi connectivity index (χ3v) is 5.17. The maximum absolute atomic E-state index is 13.2. The van der Waals surface area contributed by atoms with Gasteiger partial charge in [-0.3, -0.25) is 4.79 Å². The third kappa shape index (κ3) is 3.25. The second kappa shape index (κ2) is 6.84. The first-order valence-electron chi connectivity index (χ1n) is 9.11. The highest BCUT2D eigenvalue weighted by molar-refractivity contribution is 5.85. The highest BCUT2D eigenvalue weighted by Crippen LogP contribution is 2.33. The van der Waals surface area contributed by atoms with Crippen LogP contribution in [-0.4, -0.2) is 57.7 Å². The number of likely N-dealkylation sites (tertiary alicyclic amines) is 1. The summed E-state index contributed by atoms with van der Waals surface area (Å²) < 4.78 is 19.2. The molecule has 2 atom stereocenters. The lowest BCUT2D eigenvalue weighted by molar-refractivity contribution is -0.152. The summed E-state index contributed by atoms with van der Waals surface area (Å²) in [5.74, 6) is 1.08. The van der Waals surface area contributed by atoms with Gasteiger partial charge in [0.15, 0.2) is 17.1 Å². The zero-order chi connectivity index (χ0) is 19.0. The second-order valence-corrected chi connectivity index (χ2v) is 7.39. The van der Waals surface area contributed by atoms with Gasteiger partial charge in [-0.2, -0.15) is 0 Å². The largest absolute Gasteiger partial charge is 0.493 e. The molecule has 2 aliphatic heterocycles. The molecule has 0 radical (unpaired) electrons. The normalized spacial score (nSPS) is 22.0. The molecule has 2 aliphatic rings. The number of piperidine rings is 1. The van der Waals surface area contributed by atoms with Crippen molar-refractivity contribution in [1.29, 1.82) is 0 Å². The second-order valence-electron chi connectivity index (χ2n) is 7.39. The number of aromatic nitrogens is 3. The number of amides is 1. The van der Waals surface area contributed by atoms with Gasteiger partial charge in [-0.25, -0.2) is 4.68 Å². The molecule has 8 heteroatoms. The predicted octanol–water partition coefficient (Wildman–Crippen LogP) is 1.82. The molecule has 4 rings (SSSR count). The summed E-state index contributed by atoms with van der Waals surface area (Å²) in [6.45, 7) is 5.24. The topological polar surface area (TPSA) is 78.7 Å². The van der Waals surface area contributed by atoms with Gasteiger partial charge in [0, 0.05) is 13.1 Å². The van der Waals surface area contributed by atoms with E-state index in [4.69, 9.17) is 14.2 Å². The van der Waals surface area contributed by atoms with Crippen LogP contribution in [0.4, 0.5) is 0 Å². The van der Waals surface area contributed by atoms with Crippen LogP contribution >= 0.6 is 0 Å². The SMILES string of the molecule is COc1ccccc1OC(C)(C)C(=O)N1CC[C@H]2OCc3cnnn3[C@@H]2C1. The summed E-state index contributed by atoms with van der Waals surface area (Å²) in [5, 5.41) is 8.17. The fourth-order valence-corrected chi connectivity index (χ4v) is 3.77. The third-order valence-electron chi connectivity index (χ3n) is 5.17. The van der Waals surface area contributed by atoms with E-state index in [0.29, 0.717) is 31.2 Å². The van der Waals surface area contributed by atoms with Gasteiger partial charge in [0.2, 0.25) is 0 Å². The van der Waals surface area contributed by atoms with Crippen molar-refractivity contribution in [3.8, 4) is 11.5 Å². The first-order valence-corrected chi connectivity index (χ1v) is 9.11. The molecule has 144 valence electrons. The molecule has 0 N–H and O–H groups in total. The molecule has 1 aromatic carbocycles. The molecule has 1 fully saturated rings. The van der Waals surface area contributed by atoms with Gasteiger partial charge in [0.25, 0.3) is 5.91 Å². The molecule has 1 saturated heterocycles. The van der Waals surface area contributed by atoms with Crippen molar-refractivity contribution in [1.82, 2.24) is 19.9 Å². The number of benzene rings is 1. The summed E-state index contributed by atoms with van der Waals surface area (Å²) in [6, 6.07) is 7.32. The van der Waals surface area contributed by atoms with Crippen molar-refractivity contribution in [3.05, 3.63) is 36.2 Å². The Labute approximate surface area is 158 Å². The molecular weight excluding hydrogens is 348 g/mol. The fourth-order valence-electron chi connectivity index (χ4n) is 3.77. The van der Waals surface area contributed by atoms with E-state index in [1.54, 1.807) is 33.2 Å². The predicted molar refractivity (Wildman–Crippen MR) is 96.5 cm³/mol. The zero-order valence-corrected chi connectivity index (χ0v) is 15.8. The van der Waals surface area contributed by atoms with Crippen molar-refractivity contribution >= 4 is 5.91 Å². The van der Waals surface area contributed by atoms with Crippen molar-refractivity contribution in [2.45, 2.75) is 44.6 Å². The Morgan fingerprint density at radius 1 is 1.30 bits per heavy atom. The number of methoxy groups -OCH3 is 1. The minimum atomic E-state index is -1.03. The van der Waals surface area contributed by atoms with Gasteiger partial charge in [0.1, 0.15) is 0 Å². The molecule has 1 amide bonds. The number of hydrogen-bond acceptors (Lipinski definition) is 6. The highest BCUT2D eigenvalue weighted by atomic mass is 16.5. The van der Waals surface area contributed by atoms with Gasteiger partial charge in [-0.05, 0) is 32.4 Å². The molecule has 0 spiro atoms. The van der Waals surface area contributed by atoms with E-state index in [1.807, 2.05) is 27.8 Å². The quantitative estimate of drug-likeness (QED) is 0.815. The molecule has 27 heavy (non-hydrogen) atoms. The maximum atomic E-state index is 13.2. The summed E-state index contributed by atoms with van der Waals surface area (Å²) >= 11 is 0. The molecule has 0 saturated carbocycles. The number of fused-ring (bicyclic) bond motifs is 3. The number of rotatable bonds is 4. The minimum absolute atomic E-state index is 0.0176. The smallest absolute Gasteiger partial charge is 0.266 e. The van der Waals surface area contributed by atoms with E-state index in [-0.39, 0.29) is 18.1 Å². The van der Waals surface area contributed by atoms with Gasteiger partial charge in [-0.15, -0.1) is 5.10 Å². The standard InChI is InChI=1S/C19H24N4O4/c1-19(2,27-17-7-5-4-6-16(17)25-3)18(24)22-9-8-15-14(11-22)23-13(12-26-15)10-20-21-23/h4-7,10,14-15H,8-9,11-12H2,1-3H3/t14-,15-/m1/s1. The first kappa shape index (κ1) is 17.8. The Morgan fingerprint density at radius 2 is 2.07 bits per heavy atom. The fraction of sp³-hybridized carbons (Fsp3) is 0.526. The van der Waals surface area contributed by atoms with Crippen molar-refractivity contribution in [2.75, 3.05) is 20.2 Å². The van der Waals surface area contributed by atoms with Crippen molar-refractivity contribution in [2.24, 2.45) is 0 Å². The van der Waals surface area contributed by atoms with E-state index in [1.165, 1.54) is 0 Å². The highest BCUT2D eigenvalue weighted by Gasteiger charge is 2.42. The summed E-state index contributed by atoms with van der Waals surface area (Å²) in [6.07, 6.45) is 2.54. The number of carbonyl (C=O) groups is 1. The molecule has 0 unspecified atom stereocenters. The van der Waals surface area contributed by atoms with Crippen LogP contribution in [0.25, 0.3) is 0 Å². The monoisotopic (exact) mass is 372 g/mol. The number of hydrogen-bond donors (Lipinski definition) is 0. The summed E-state index contributed by atoms with van der Waals surface area (Å²) in [7, 11) is 1.58. The van der Waals surface area contributed by atoms with Gasteiger partial charge in [-0.1, -0.05) is 17.3 Å². The number of ether oxygens (including phenoxy) is 3. The Morgan fingerprint density at radius 3 is 2.85 bits per heavy atom. The van der Waals surface area contributed by atoms with E-state index in [9.17, 15) is 4.79 Å². The molecule has 2 aromatic rings. The lowest BCUT2D eigenvalue weighted by Gasteiger charge is -2.43. The van der Waals surface area contributed by atoms with E-state index in [0.717, 1.165) is 12.1 Å². The van der Waals surface area contributed by atoms with Crippen LogP contribution in [0.2, 0.25) is 0 Å². The van der Waals surface area contributed by atoms with Gasteiger partial charge in [0.05, 0.1) is 37.8 Å². The molecule has 8 nitrogen and oxygen atoms in total. The Bertz CT molecular complexity index is 835. The van der Waals surface area contributed by atoms with Crippen LogP contribution in [0.5, 0.6) is 11.5 Å². The summed E-state index contributed by atoms with van der Waals surface area (Å²) in [5.41, 5.74) is -0.0857. The van der Waals surface area contributed by atoms with Crippen LogP contribution in [0.1, 0.15) is 32.0 Å². The molecule has 1 aromatic heterocycles. The molecule has 0 bridgehead atoms. The molecule has 3 heterocycles. The Kier molecular flexibility index (Phi) is 4.51. The van der Waals surface area contributed by atoms with E-state index < -0.39 is 5.60 Å². The van der Waals surface area contributed by atoms with Gasteiger partial charge >= 0.3 is 0 Å². The molecular formula is C19H24N4O4. The average molecular weight is 372 g/mol.